The topological polar surface area (TPSA) is 46.5 Å². The molecule has 0 saturated carbocycles. The molecule has 0 fully saturated rings. The normalized spacial score (nSPS) is 14.6. The summed E-state index contributed by atoms with van der Waals surface area (Å²) in [7, 11) is -1.94. The highest BCUT2D eigenvalue weighted by Crippen LogP contribution is 2.43. The maximum atomic E-state index is 10.9. The van der Waals surface area contributed by atoms with Crippen molar-refractivity contribution in [1.29, 1.82) is 0 Å². The molecule has 4 heteroatoms. The van der Waals surface area contributed by atoms with Gasteiger partial charge in [0.15, 0.2) is 0 Å². The lowest BCUT2D eigenvalue weighted by molar-refractivity contribution is -0.139. The highest BCUT2D eigenvalue weighted by Gasteiger charge is 2.46. The van der Waals surface area contributed by atoms with Gasteiger partial charge in [-0.1, -0.05) is 48.5 Å². The Hall–Kier alpha value is -0.353. The van der Waals surface area contributed by atoms with Crippen molar-refractivity contribution in [3.8, 4) is 0 Å². The van der Waals surface area contributed by atoms with Crippen molar-refractivity contribution in [2.24, 2.45) is 0 Å². The Labute approximate surface area is 113 Å². The predicted molar refractivity (Wildman–Crippen MR) is 78.5 cm³/mol. The van der Waals surface area contributed by atoms with Gasteiger partial charge in [0.2, 0.25) is 8.32 Å². The quantitative estimate of drug-likeness (QED) is 0.666. The molecule has 0 aliphatic heterocycles. The summed E-state index contributed by atoms with van der Waals surface area (Å²) in [6.45, 7) is 15.3. The van der Waals surface area contributed by atoms with E-state index in [-0.39, 0.29) is 12.5 Å². The van der Waals surface area contributed by atoms with E-state index in [4.69, 9.17) is 9.53 Å². The van der Waals surface area contributed by atoms with E-state index in [1.165, 1.54) is 0 Å². The molecule has 0 bridgehead atoms. The van der Waals surface area contributed by atoms with Gasteiger partial charge in [-0.2, -0.15) is 0 Å². The van der Waals surface area contributed by atoms with Gasteiger partial charge in [0.25, 0.3) is 0 Å². The van der Waals surface area contributed by atoms with Crippen LogP contribution in [0.3, 0.4) is 0 Å². The first-order chi connectivity index (χ1) is 8.18. The second-order valence-corrected chi connectivity index (χ2v) is 11.5. The molecule has 108 valence electrons. The van der Waals surface area contributed by atoms with Gasteiger partial charge in [-0.05, 0) is 23.0 Å². The average Bonchev–Trinajstić information content (AvgIpc) is 2.21. The maximum Gasteiger partial charge on any atom is 0.305 e. The zero-order valence-electron chi connectivity index (χ0n) is 13.0. The summed E-state index contributed by atoms with van der Waals surface area (Å²) in [6.07, 6.45) is 0.756. The number of carboxylic acid groups (broad SMARTS) is 1. The van der Waals surface area contributed by atoms with Crippen LogP contribution in [0, 0.1) is 0 Å². The van der Waals surface area contributed by atoms with Gasteiger partial charge in [0.1, 0.15) is 0 Å². The molecule has 1 unspecified atom stereocenters. The van der Waals surface area contributed by atoms with Gasteiger partial charge in [-0.3, -0.25) is 4.79 Å². The summed E-state index contributed by atoms with van der Waals surface area (Å²) in [4.78, 5) is 10.9. The Morgan fingerprint density at radius 2 is 1.44 bits per heavy atom. The van der Waals surface area contributed by atoms with Gasteiger partial charge in [-0.15, -0.1) is 0 Å². The van der Waals surface area contributed by atoms with Crippen molar-refractivity contribution >= 4 is 14.3 Å². The molecule has 0 aliphatic carbocycles. The van der Waals surface area contributed by atoms with Crippen LogP contribution in [-0.2, 0) is 9.22 Å². The number of hydrogen-bond acceptors (Lipinski definition) is 2. The molecular weight excluding hydrogens is 244 g/mol. The fraction of sp³-hybridized carbons (Fsp3) is 0.929. The van der Waals surface area contributed by atoms with Crippen LogP contribution >= 0.6 is 0 Å². The minimum atomic E-state index is -1.94. The lowest BCUT2D eigenvalue weighted by atomic mass is 10.2. The summed E-state index contributed by atoms with van der Waals surface area (Å²) in [5.41, 5.74) is 1.50. The molecule has 1 atom stereocenters. The highest BCUT2D eigenvalue weighted by molar-refractivity contribution is 6.77. The van der Waals surface area contributed by atoms with Crippen molar-refractivity contribution in [2.75, 3.05) is 0 Å². The Kier molecular flexibility index (Phi) is 7.15. The largest absolute Gasteiger partial charge is 0.481 e. The molecule has 0 aromatic rings. The Balaban J connectivity index is 5.14. The highest BCUT2D eigenvalue weighted by atomic mass is 28.4. The predicted octanol–water partition coefficient (Wildman–Crippen LogP) is 4.43. The molecular formula is C14H30O3Si. The molecule has 0 aromatic carbocycles. The minimum Gasteiger partial charge on any atom is -0.481 e. The number of aliphatic carboxylic acids is 1. The molecule has 0 radical (unpaired) electrons. The van der Waals surface area contributed by atoms with Crippen LogP contribution in [0.4, 0.5) is 0 Å². The van der Waals surface area contributed by atoms with Crippen molar-refractivity contribution in [3.05, 3.63) is 0 Å². The lowest BCUT2D eigenvalue weighted by Gasteiger charge is -2.44. The second kappa shape index (κ2) is 7.29. The molecule has 1 N–H and O–H groups in total. The van der Waals surface area contributed by atoms with Crippen LogP contribution < -0.4 is 0 Å². The van der Waals surface area contributed by atoms with E-state index in [0.29, 0.717) is 16.6 Å². The molecule has 3 nitrogen and oxygen atoms in total. The van der Waals surface area contributed by atoms with Crippen molar-refractivity contribution in [3.63, 3.8) is 0 Å². The van der Waals surface area contributed by atoms with Gasteiger partial charge >= 0.3 is 5.97 Å². The number of rotatable bonds is 8. The standard InChI is InChI=1S/C14H30O3Si/c1-8-13(9-14(15)16)17-18(10(2)3,11(4)5)12(6)7/h10-13H,8-9H2,1-7H3,(H,15,16). The van der Waals surface area contributed by atoms with E-state index in [1.807, 2.05) is 6.92 Å². The minimum absolute atomic E-state index is 0.122. The Morgan fingerprint density at radius 1 is 1.06 bits per heavy atom. The van der Waals surface area contributed by atoms with Gasteiger partial charge in [-0.25, -0.2) is 0 Å². The third-order valence-electron chi connectivity index (χ3n) is 3.94. The van der Waals surface area contributed by atoms with E-state index >= 15 is 0 Å². The number of carboxylic acids is 1. The molecule has 0 aromatic heterocycles. The third kappa shape index (κ3) is 4.09. The number of carbonyl (C=O) groups is 1. The zero-order chi connectivity index (χ0) is 14.5. The van der Waals surface area contributed by atoms with E-state index in [9.17, 15) is 4.79 Å². The van der Waals surface area contributed by atoms with Gasteiger partial charge < -0.3 is 9.53 Å². The SMILES string of the molecule is CCC(CC(=O)O)O[Si](C(C)C)(C(C)C)C(C)C. The summed E-state index contributed by atoms with van der Waals surface area (Å²) >= 11 is 0. The first-order valence-corrected chi connectivity index (χ1v) is 9.22. The van der Waals surface area contributed by atoms with E-state index in [2.05, 4.69) is 41.5 Å². The Morgan fingerprint density at radius 3 is 1.67 bits per heavy atom. The Bertz CT molecular complexity index is 240. The van der Waals surface area contributed by atoms with Crippen LogP contribution in [-0.4, -0.2) is 25.5 Å². The van der Waals surface area contributed by atoms with Crippen molar-refractivity contribution in [1.82, 2.24) is 0 Å². The van der Waals surface area contributed by atoms with E-state index in [1.54, 1.807) is 0 Å². The lowest BCUT2D eigenvalue weighted by Crippen LogP contribution is -2.50. The van der Waals surface area contributed by atoms with Crippen molar-refractivity contribution < 1.29 is 14.3 Å². The third-order valence-corrected chi connectivity index (χ3v) is 10.1. The molecule has 0 amide bonds. The zero-order valence-corrected chi connectivity index (χ0v) is 14.0. The second-order valence-electron chi connectivity index (χ2n) is 6.06. The summed E-state index contributed by atoms with van der Waals surface area (Å²) < 4.78 is 6.44. The van der Waals surface area contributed by atoms with Gasteiger partial charge in [0, 0.05) is 0 Å². The van der Waals surface area contributed by atoms with Crippen LogP contribution in [0.15, 0.2) is 0 Å². The number of hydrogen-bond donors (Lipinski definition) is 1. The molecule has 0 spiro atoms. The monoisotopic (exact) mass is 274 g/mol. The van der Waals surface area contributed by atoms with Crippen LogP contribution in [0.2, 0.25) is 16.6 Å². The summed E-state index contributed by atoms with van der Waals surface area (Å²) in [6, 6.07) is 0. The first kappa shape index (κ1) is 17.6. The molecule has 0 saturated heterocycles. The molecule has 0 rings (SSSR count). The smallest absolute Gasteiger partial charge is 0.305 e. The maximum absolute atomic E-state index is 10.9. The van der Waals surface area contributed by atoms with Crippen LogP contribution in [0.5, 0.6) is 0 Å². The fourth-order valence-electron chi connectivity index (χ4n) is 3.16. The van der Waals surface area contributed by atoms with E-state index < -0.39 is 14.3 Å². The molecule has 18 heavy (non-hydrogen) atoms. The van der Waals surface area contributed by atoms with E-state index in [0.717, 1.165) is 6.42 Å². The summed E-state index contributed by atoms with van der Waals surface area (Å²) in [5.74, 6) is -0.763. The first-order valence-electron chi connectivity index (χ1n) is 7.07. The molecule has 0 heterocycles. The van der Waals surface area contributed by atoms with Crippen molar-refractivity contribution in [2.45, 2.75) is 84.0 Å². The molecule has 0 aliphatic rings. The fourth-order valence-corrected chi connectivity index (χ4v) is 8.80. The average molecular weight is 274 g/mol. The summed E-state index contributed by atoms with van der Waals surface area (Å²) in [5, 5.41) is 8.96. The van der Waals surface area contributed by atoms with Crippen LogP contribution in [0.1, 0.15) is 61.3 Å². The van der Waals surface area contributed by atoms with Crippen LogP contribution in [0.25, 0.3) is 0 Å². The van der Waals surface area contributed by atoms with Gasteiger partial charge in [0.05, 0.1) is 12.5 Å².